The second-order valence-electron chi connectivity index (χ2n) is 6.14. The van der Waals surface area contributed by atoms with Gasteiger partial charge in [-0.1, -0.05) is 6.07 Å². The minimum absolute atomic E-state index is 0.122. The van der Waals surface area contributed by atoms with Crippen molar-refractivity contribution in [1.29, 1.82) is 0 Å². The lowest BCUT2D eigenvalue weighted by molar-refractivity contribution is -0.121. The van der Waals surface area contributed by atoms with Crippen molar-refractivity contribution in [1.82, 2.24) is 14.7 Å². The maximum atomic E-state index is 12.2. The summed E-state index contributed by atoms with van der Waals surface area (Å²) < 4.78 is 1.96. The molecule has 104 valence electrons. The Morgan fingerprint density at radius 3 is 2.70 bits per heavy atom. The van der Waals surface area contributed by atoms with E-state index in [1.54, 1.807) is 0 Å². The van der Waals surface area contributed by atoms with Crippen LogP contribution < -0.4 is 5.32 Å². The van der Waals surface area contributed by atoms with E-state index >= 15 is 0 Å². The molecule has 0 atom stereocenters. The van der Waals surface area contributed by atoms with Gasteiger partial charge in [0.05, 0.1) is 12.1 Å². The fourth-order valence-corrected chi connectivity index (χ4v) is 3.01. The van der Waals surface area contributed by atoms with Gasteiger partial charge in [-0.25, -0.2) is 4.98 Å². The van der Waals surface area contributed by atoms with E-state index in [0.29, 0.717) is 12.5 Å². The monoisotopic (exact) mass is 269 g/mol. The molecule has 4 nitrogen and oxygen atoms in total. The first kappa shape index (κ1) is 11.9. The van der Waals surface area contributed by atoms with Crippen molar-refractivity contribution < 1.29 is 4.79 Å². The molecule has 0 radical (unpaired) electrons. The van der Waals surface area contributed by atoms with Gasteiger partial charge in [0.2, 0.25) is 5.91 Å². The van der Waals surface area contributed by atoms with Crippen LogP contribution >= 0.6 is 0 Å². The van der Waals surface area contributed by atoms with E-state index in [9.17, 15) is 4.79 Å². The molecule has 0 aliphatic heterocycles. The first-order chi connectivity index (χ1) is 9.79. The summed E-state index contributed by atoms with van der Waals surface area (Å²) in [7, 11) is 0. The summed E-state index contributed by atoms with van der Waals surface area (Å²) in [6, 6.07) is 6.31. The molecule has 0 spiro atoms. The van der Waals surface area contributed by atoms with Gasteiger partial charge in [-0.05, 0) is 49.7 Å². The van der Waals surface area contributed by atoms with Crippen LogP contribution in [0.25, 0.3) is 5.65 Å². The van der Waals surface area contributed by atoms with Gasteiger partial charge in [0.15, 0.2) is 0 Å². The largest absolute Gasteiger partial charge is 0.352 e. The van der Waals surface area contributed by atoms with E-state index in [1.165, 1.54) is 25.7 Å². The molecule has 2 aromatic rings. The number of nitrogens with zero attached hydrogens (tertiary/aromatic N) is 2. The second kappa shape index (κ2) is 4.62. The number of hydrogen-bond acceptors (Lipinski definition) is 2. The van der Waals surface area contributed by atoms with Crippen LogP contribution in [-0.4, -0.2) is 21.3 Å². The molecular weight excluding hydrogens is 250 g/mol. The fraction of sp³-hybridized carbons (Fsp3) is 0.500. The normalized spacial score (nSPS) is 18.6. The average Bonchev–Trinajstić information content (AvgIpc) is 3.33. The van der Waals surface area contributed by atoms with Gasteiger partial charge in [-0.3, -0.25) is 4.79 Å². The number of amides is 1. The lowest BCUT2D eigenvalue weighted by Crippen LogP contribution is -2.39. The highest BCUT2D eigenvalue weighted by molar-refractivity contribution is 5.78. The van der Waals surface area contributed by atoms with E-state index in [0.717, 1.165) is 23.2 Å². The van der Waals surface area contributed by atoms with E-state index in [2.05, 4.69) is 10.3 Å². The van der Waals surface area contributed by atoms with Gasteiger partial charge in [-0.2, -0.15) is 0 Å². The minimum Gasteiger partial charge on any atom is -0.352 e. The van der Waals surface area contributed by atoms with E-state index in [1.807, 2.05) is 35.0 Å². The Hall–Kier alpha value is -1.84. The first-order valence-corrected chi connectivity index (χ1v) is 7.51. The quantitative estimate of drug-likeness (QED) is 0.904. The molecule has 0 aromatic carbocycles. The SMILES string of the molecule is O=C(Cc1cn2ccccc2n1)NC(C1CC1)C1CC1. The van der Waals surface area contributed by atoms with E-state index < -0.39 is 0 Å². The molecule has 4 rings (SSSR count). The Labute approximate surface area is 118 Å². The van der Waals surface area contributed by atoms with Crippen molar-refractivity contribution in [2.24, 2.45) is 11.8 Å². The summed E-state index contributed by atoms with van der Waals surface area (Å²) >= 11 is 0. The standard InChI is InChI=1S/C16H19N3O/c20-15(18-16(11-4-5-11)12-6-7-12)9-13-10-19-8-2-1-3-14(19)17-13/h1-3,8,10-12,16H,4-7,9H2,(H,18,20). The molecule has 1 amide bonds. The minimum atomic E-state index is 0.122. The lowest BCUT2D eigenvalue weighted by Gasteiger charge is -2.17. The van der Waals surface area contributed by atoms with Gasteiger partial charge in [-0.15, -0.1) is 0 Å². The molecule has 1 N–H and O–H groups in total. The predicted octanol–water partition coefficient (Wildman–Crippen LogP) is 2.18. The van der Waals surface area contributed by atoms with Gasteiger partial charge >= 0.3 is 0 Å². The number of hydrogen-bond donors (Lipinski definition) is 1. The van der Waals surface area contributed by atoms with Crippen LogP contribution in [0.4, 0.5) is 0 Å². The molecule has 2 aliphatic carbocycles. The number of carbonyl (C=O) groups is 1. The van der Waals surface area contributed by atoms with Gasteiger partial charge in [0, 0.05) is 18.4 Å². The van der Waals surface area contributed by atoms with Crippen molar-refractivity contribution >= 4 is 11.6 Å². The number of carbonyl (C=O) groups excluding carboxylic acids is 1. The summed E-state index contributed by atoms with van der Waals surface area (Å²) in [6.45, 7) is 0. The number of aromatic nitrogens is 2. The summed E-state index contributed by atoms with van der Waals surface area (Å²) in [5.41, 5.74) is 1.75. The molecule has 4 heteroatoms. The van der Waals surface area contributed by atoms with Crippen molar-refractivity contribution in [2.45, 2.75) is 38.1 Å². The number of pyridine rings is 1. The second-order valence-corrected chi connectivity index (χ2v) is 6.14. The maximum Gasteiger partial charge on any atom is 0.226 e. The Kier molecular flexibility index (Phi) is 2.76. The molecule has 2 fully saturated rings. The molecule has 0 saturated heterocycles. The average molecular weight is 269 g/mol. The zero-order valence-electron chi connectivity index (χ0n) is 11.5. The third kappa shape index (κ3) is 2.42. The van der Waals surface area contributed by atoms with Gasteiger partial charge in [0.1, 0.15) is 5.65 Å². The number of imidazole rings is 1. The van der Waals surface area contributed by atoms with E-state index in [-0.39, 0.29) is 5.91 Å². The van der Waals surface area contributed by atoms with E-state index in [4.69, 9.17) is 0 Å². The highest BCUT2D eigenvalue weighted by Crippen LogP contribution is 2.44. The Bertz CT molecular complexity index is 595. The number of nitrogens with one attached hydrogen (secondary N) is 1. The Morgan fingerprint density at radius 2 is 2.05 bits per heavy atom. The number of fused-ring (bicyclic) bond motifs is 1. The predicted molar refractivity (Wildman–Crippen MR) is 76.3 cm³/mol. The van der Waals surface area contributed by atoms with Crippen molar-refractivity contribution in [3.63, 3.8) is 0 Å². The summed E-state index contributed by atoms with van der Waals surface area (Å²) in [4.78, 5) is 16.7. The third-order valence-electron chi connectivity index (χ3n) is 4.34. The van der Waals surface area contributed by atoms with Crippen LogP contribution in [-0.2, 0) is 11.2 Å². The highest BCUT2D eigenvalue weighted by Gasteiger charge is 2.42. The zero-order valence-corrected chi connectivity index (χ0v) is 11.5. The Morgan fingerprint density at radius 1 is 1.30 bits per heavy atom. The zero-order chi connectivity index (χ0) is 13.5. The molecule has 2 aliphatic rings. The van der Waals surface area contributed by atoms with Crippen molar-refractivity contribution in [2.75, 3.05) is 0 Å². The Balaban J connectivity index is 1.43. The summed E-state index contributed by atoms with van der Waals surface area (Å²) in [6.07, 6.45) is 9.44. The van der Waals surface area contributed by atoms with Crippen LogP contribution in [0, 0.1) is 11.8 Å². The maximum absolute atomic E-state index is 12.2. The van der Waals surface area contributed by atoms with Gasteiger partial charge < -0.3 is 9.72 Å². The fourth-order valence-electron chi connectivity index (χ4n) is 3.01. The van der Waals surface area contributed by atoms with Gasteiger partial charge in [0.25, 0.3) is 0 Å². The van der Waals surface area contributed by atoms with Crippen LogP contribution in [0.15, 0.2) is 30.6 Å². The summed E-state index contributed by atoms with van der Waals surface area (Å²) in [5, 5.41) is 3.25. The molecule has 2 aromatic heterocycles. The smallest absolute Gasteiger partial charge is 0.226 e. The third-order valence-corrected chi connectivity index (χ3v) is 4.34. The number of rotatable bonds is 5. The molecule has 20 heavy (non-hydrogen) atoms. The molecule has 2 heterocycles. The van der Waals surface area contributed by atoms with Crippen molar-refractivity contribution in [3.05, 3.63) is 36.3 Å². The molecule has 2 saturated carbocycles. The first-order valence-electron chi connectivity index (χ1n) is 7.51. The highest BCUT2D eigenvalue weighted by atomic mass is 16.1. The van der Waals surface area contributed by atoms with Crippen LogP contribution in [0.3, 0.4) is 0 Å². The summed E-state index contributed by atoms with van der Waals surface area (Å²) in [5.74, 6) is 1.61. The van der Waals surface area contributed by atoms with Crippen LogP contribution in [0.1, 0.15) is 31.4 Å². The molecule has 0 bridgehead atoms. The topological polar surface area (TPSA) is 46.4 Å². The van der Waals surface area contributed by atoms with Crippen molar-refractivity contribution in [3.8, 4) is 0 Å². The molecular formula is C16H19N3O. The van der Waals surface area contributed by atoms with Crippen LogP contribution in [0.5, 0.6) is 0 Å². The molecule has 0 unspecified atom stereocenters. The lowest BCUT2D eigenvalue weighted by atomic mass is 10.1. The van der Waals surface area contributed by atoms with Crippen LogP contribution in [0.2, 0.25) is 0 Å².